The zero-order valence-electron chi connectivity index (χ0n) is 9.21. The summed E-state index contributed by atoms with van der Waals surface area (Å²) in [6.07, 6.45) is 2.73. The Bertz CT molecular complexity index is 229. The predicted molar refractivity (Wildman–Crippen MR) is 56.2 cm³/mol. The number of hydrogen-bond acceptors (Lipinski definition) is 3. The Labute approximate surface area is 89.6 Å². The molecule has 0 aromatic heterocycles. The largest absolute Gasteiger partial charge is 0.350 e. The Hall–Kier alpha value is -1.39. The molecule has 0 saturated carbocycles. The monoisotopic (exact) mass is 214 g/mol. The van der Waals surface area contributed by atoms with E-state index >= 15 is 0 Å². The fourth-order valence-corrected chi connectivity index (χ4v) is 1.07. The van der Waals surface area contributed by atoms with Crippen LogP contribution in [0.5, 0.6) is 0 Å². The number of ketones is 1. The van der Waals surface area contributed by atoms with E-state index in [-0.39, 0.29) is 18.2 Å². The first kappa shape index (κ1) is 13.6. The van der Waals surface area contributed by atoms with E-state index < -0.39 is 6.04 Å². The maximum Gasteiger partial charge on any atom is 0.239 e. The van der Waals surface area contributed by atoms with Gasteiger partial charge in [-0.15, -0.1) is 0 Å². The molecule has 0 saturated heterocycles. The lowest BCUT2D eigenvalue weighted by Gasteiger charge is -2.12. The molecule has 5 heteroatoms. The number of rotatable bonds is 8. The molecule has 15 heavy (non-hydrogen) atoms. The molecule has 0 spiro atoms. The summed E-state index contributed by atoms with van der Waals surface area (Å²) in [6, 6.07) is -0.475. The number of carbonyl (C=O) groups is 3. The predicted octanol–water partition coefficient (Wildman–Crippen LogP) is -0.00360. The molecular formula is C10H18N2O3. The maximum absolute atomic E-state index is 11.4. The van der Waals surface area contributed by atoms with E-state index in [1.165, 1.54) is 0 Å². The zero-order chi connectivity index (χ0) is 11.7. The molecule has 0 aliphatic rings. The number of unbranched alkanes of at least 4 members (excludes halogenated alkanes) is 1. The van der Waals surface area contributed by atoms with E-state index in [4.69, 9.17) is 0 Å². The fourth-order valence-electron chi connectivity index (χ4n) is 1.07. The van der Waals surface area contributed by atoms with E-state index in [1.54, 1.807) is 6.92 Å². The third kappa shape index (κ3) is 6.65. The molecule has 5 nitrogen and oxygen atoms in total. The van der Waals surface area contributed by atoms with Crippen molar-refractivity contribution in [2.45, 2.75) is 39.2 Å². The van der Waals surface area contributed by atoms with Gasteiger partial charge in [-0.25, -0.2) is 0 Å². The van der Waals surface area contributed by atoms with Gasteiger partial charge in [0.15, 0.2) is 5.78 Å². The first-order chi connectivity index (χ1) is 7.11. The van der Waals surface area contributed by atoms with Crippen LogP contribution >= 0.6 is 0 Å². The highest BCUT2D eigenvalue weighted by Gasteiger charge is 2.14. The van der Waals surface area contributed by atoms with Crippen molar-refractivity contribution in [3.05, 3.63) is 0 Å². The van der Waals surface area contributed by atoms with Crippen molar-refractivity contribution in [1.82, 2.24) is 10.6 Å². The summed E-state index contributed by atoms with van der Waals surface area (Å²) in [7, 11) is 0. The van der Waals surface area contributed by atoms with Crippen LogP contribution < -0.4 is 10.6 Å². The summed E-state index contributed by atoms with van der Waals surface area (Å²) in [6.45, 7) is 3.57. The number of hydrogen-bond donors (Lipinski definition) is 2. The molecule has 0 bridgehead atoms. The van der Waals surface area contributed by atoms with Gasteiger partial charge in [0.05, 0.1) is 12.6 Å². The van der Waals surface area contributed by atoms with Crippen molar-refractivity contribution < 1.29 is 14.4 Å². The highest BCUT2D eigenvalue weighted by atomic mass is 16.2. The summed E-state index contributed by atoms with van der Waals surface area (Å²) < 4.78 is 0. The van der Waals surface area contributed by atoms with Gasteiger partial charge in [0.1, 0.15) is 0 Å². The number of carbonyl (C=O) groups excluding carboxylic acids is 3. The van der Waals surface area contributed by atoms with Crippen molar-refractivity contribution in [3.8, 4) is 0 Å². The Morgan fingerprint density at radius 3 is 2.60 bits per heavy atom. The van der Waals surface area contributed by atoms with Gasteiger partial charge in [0, 0.05) is 6.42 Å². The summed E-state index contributed by atoms with van der Waals surface area (Å²) in [4.78, 5) is 32.4. The SMILES string of the molecule is CCCCC(=O)C(C)NC(=O)CNC=O. The Balaban J connectivity index is 3.79. The first-order valence-electron chi connectivity index (χ1n) is 5.11. The molecule has 0 radical (unpaired) electrons. The van der Waals surface area contributed by atoms with Crippen LogP contribution in [0.4, 0.5) is 0 Å². The van der Waals surface area contributed by atoms with Gasteiger partial charge in [-0.2, -0.15) is 0 Å². The lowest BCUT2D eigenvalue weighted by Crippen LogP contribution is -2.42. The van der Waals surface area contributed by atoms with Gasteiger partial charge in [0.25, 0.3) is 0 Å². The summed E-state index contributed by atoms with van der Waals surface area (Å²) in [5.41, 5.74) is 0. The van der Waals surface area contributed by atoms with Gasteiger partial charge < -0.3 is 10.6 Å². The molecule has 0 fully saturated rings. The maximum atomic E-state index is 11.4. The van der Waals surface area contributed by atoms with Gasteiger partial charge >= 0.3 is 0 Å². The van der Waals surface area contributed by atoms with Gasteiger partial charge in [-0.1, -0.05) is 13.3 Å². The first-order valence-corrected chi connectivity index (χ1v) is 5.11. The lowest BCUT2D eigenvalue weighted by atomic mass is 10.1. The quantitative estimate of drug-likeness (QED) is 0.558. The minimum Gasteiger partial charge on any atom is -0.350 e. The fraction of sp³-hybridized carbons (Fsp3) is 0.700. The van der Waals surface area contributed by atoms with Crippen LogP contribution in [0.2, 0.25) is 0 Å². The van der Waals surface area contributed by atoms with Crippen LogP contribution in [0.3, 0.4) is 0 Å². The van der Waals surface area contributed by atoms with Crippen molar-refractivity contribution in [3.63, 3.8) is 0 Å². The van der Waals surface area contributed by atoms with Crippen molar-refractivity contribution in [2.75, 3.05) is 6.54 Å². The van der Waals surface area contributed by atoms with Crippen molar-refractivity contribution >= 4 is 18.1 Å². The molecule has 1 atom stereocenters. The van der Waals surface area contributed by atoms with E-state index in [1.807, 2.05) is 6.92 Å². The van der Waals surface area contributed by atoms with E-state index in [2.05, 4.69) is 10.6 Å². The standard InChI is InChI=1S/C10H18N2O3/c1-3-4-5-9(14)8(2)12-10(15)6-11-7-13/h7-8H,3-6H2,1-2H3,(H,11,13)(H,12,15). The molecule has 0 aliphatic heterocycles. The molecule has 2 N–H and O–H groups in total. The summed E-state index contributed by atoms with van der Waals surface area (Å²) in [5.74, 6) is -0.323. The zero-order valence-corrected chi connectivity index (χ0v) is 9.21. The molecule has 0 aromatic carbocycles. The highest BCUT2D eigenvalue weighted by Crippen LogP contribution is 1.98. The average Bonchev–Trinajstić information content (AvgIpc) is 2.22. The molecular weight excluding hydrogens is 196 g/mol. The van der Waals surface area contributed by atoms with Crippen LogP contribution in [0.1, 0.15) is 33.1 Å². The summed E-state index contributed by atoms with van der Waals surface area (Å²) in [5, 5.41) is 4.75. The van der Waals surface area contributed by atoms with Crippen LogP contribution in [-0.4, -0.2) is 30.7 Å². The Kier molecular flexibility index (Phi) is 7.23. The topological polar surface area (TPSA) is 75.3 Å². The Morgan fingerprint density at radius 2 is 2.07 bits per heavy atom. The Morgan fingerprint density at radius 1 is 1.40 bits per heavy atom. The number of nitrogens with one attached hydrogen (secondary N) is 2. The van der Waals surface area contributed by atoms with E-state index in [0.29, 0.717) is 12.8 Å². The van der Waals surface area contributed by atoms with Crippen molar-refractivity contribution in [2.24, 2.45) is 0 Å². The summed E-state index contributed by atoms with van der Waals surface area (Å²) >= 11 is 0. The van der Waals surface area contributed by atoms with Gasteiger partial charge in [-0.05, 0) is 13.3 Å². The van der Waals surface area contributed by atoms with E-state index in [9.17, 15) is 14.4 Å². The lowest BCUT2D eigenvalue weighted by molar-refractivity contribution is -0.127. The van der Waals surface area contributed by atoms with Gasteiger partial charge in [-0.3, -0.25) is 14.4 Å². The van der Waals surface area contributed by atoms with Crippen LogP contribution in [-0.2, 0) is 14.4 Å². The molecule has 1 unspecified atom stereocenters. The van der Waals surface area contributed by atoms with Gasteiger partial charge in [0.2, 0.25) is 12.3 Å². The highest BCUT2D eigenvalue weighted by molar-refractivity contribution is 5.89. The van der Waals surface area contributed by atoms with E-state index in [0.717, 1.165) is 12.8 Å². The number of amides is 2. The van der Waals surface area contributed by atoms with Crippen LogP contribution in [0.15, 0.2) is 0 Å². The third-order valence-electron chi connectivity index (χ3n) is 1.98. The molecule has 0 aliphatic carbocycles. The second kappa shape index (κ2) is 7.96. The molecule has 0 rings (SSSR count). The molecule has 0 heterocycles. The average molecular weight is 214 g/mol. The third-order valence-corrected chi connectivity index (χ3v) is 1.98. The normalized spacial score (nSPS) is 11.6. The van der Waals surface area contributed by atoms with Crippen LogP contribution in [0, 0.1) is 0 Å². The second-order valence-electron chi connectivity index (χ2n) is 3.36. The minimum atomic E-state index is -0.475. The van der Waals surface area contributed by atoms with Crippen molar-refractivity contribution in [1.29, 1.82) is 0 Å². The number of Topliss-reactive ketones (excluding diaryl/α,β-unsaturated/α-hetero) is 1. The van der Waals surface area contributed by atoms with Crippen LogP contribution in [0.25, 0.3) is 0 Å². The smallest absolute Gasteiger partial charge is 0.239 e. The molecule has 0 aromatic rings. The molecule has 2 amide bonds. The second-order valence-corrected chi connectivity index (χ2v) is 3.36. The molecule has 86 valence electrons. The minimum absolute atomic E-state index is 0.0244.